The minimum atomic E-state index is -3.34. The number of nitrogens with one attached hydrogen (secondary N) is 1. The van der Waals surface area contributed by atoms with Crippen LogP contribution < -0.4 is 4.72 Å². The first-order chi connectivity index (χ1) is 5.88. The summed E-state index contributed by atoms with van der Waals surface area (Å²) in [5.74, 6) is -0.111. The maximum atomic E-state index is 10.8. The standard InChI is InChI=1S/C7H8BrNO3S/c1-13(11,12)9-6-3-2-5(8)4-7(6)10/h2-4,9-10H,1H3. The third-order valence-electron chi connectivity index (χ3n) is 1.26. The van der Waals surface area contributed by atoms with Crippen LogP contribution in [0.15, 0.2) is 22.7 Å². The monoisotopic (exact) mass is 265 g/mol. The lowest BCUT2D eigenvalue weighted by molar-refractivity contribution is 0.477. The number of benzene rings is 1. The van der Waals surface area contributed by atoms with Gasteiger partial charge in [-0.15, -0.1) is 0 Å². The Hall–Kier alpha value is -0.750. The summed E-state index contributed by atoms with van der Waals surface area (Å²) < 4.78 is 24.5. The van der Waals surface area contributed by atoms with Crippen LogP contribution in [-0.4, -0.2) is 19.8 Å². The van der Waals surface area contributed by atoms with Crippen molar-refractivity contribution in [2.75, 3.05) is 11.0 Å². The molecule has 1 aromatic carbocycles. The Balaban J connectivity index is 3.04. The Morgan fingerprint density at radius 3 is 2.54 bits per heavy atom. The van der Waals surface area contributed by atoms with Gasteiger partial charge >= 0.3 is 0 Å². The predicted molar refractivity (Wildman–Crippen MR) is 54.3 cm³/mol. The molecule has 6 heteroatoms. The van der Waals surface area contributed by atoms with E-state index in [-0.39, 0.29) is 11.4 Å². The highest BCUT2D eigenvalue weighted by Gasteiger charge is 2.06. The summed E-state index contributed by atoms with van der Waals surface area (Å²) in [7, 11) is -3.34. The van der Waals surface area contributed by atoms with Crippen LogP contribution >= 0.6 is 15.9 Å². The number of sulfonamides is 1. The SMILES string of the molecule is CS(=O)(=O)Nc1ccc(Br)cc1O. The van der Waals surface area contributed by atoms with Crippen molar-refractivity contribution in [3.63, 3.8) is 0 Å². The van der Waals surface area contributed by atoms with Gasteiger partial charge in [-0.3, -0.25) is 4.72 Å². The molecule has 0 fully saturated rings. The number of aromatic hydroxyl groups is 1. The first kappa shape index (κ1) is 10.3. The molecule has 0 aromatic heterocycles. The normalized spacial score (nSPS) is 11.2. The van der Waals surface area contributed by atoms with Crippen LogP contribution in [0.2, 0.25) is 0 Å². The summed E-state index contributed by atoms with van der Waals surface area (Å²) in [6.45, 7) is 0. The Morgan fingerprint density at radius 1 is 1.46 bits per heavy atom. The summed E-state index contributed by atoms with van der Waals surface area (Å²) in [5.41, 5.74) is 0.172. The van der Waals surface area contributed by atoms with Gasteiger partial charge in [-0.2, -0.15) is 0 Å². The second kappa shape index (κ2) is 3.55. The van der Waals surface area contributed by atoms with E-state index in [9.17, 15) is 13.5 Å². The van der Waals surface area contributed by atoms with Crippen LogP contribution in [0.1, 0.15) is 0 Å². The average molecular weight is 266 g/mol. The minimum absolute atomic E-state index is 0.111. The molecule has 0 radical (unpaired) electrons. The summed E-state index contributed by atoms with van der Waals surface area (Å²) in [6, 6.07) is 4.52. The number of hydrogen-bond donors (Lipinski definition) is 2. The number of halogens is 1. The van der Waals surface area contributed by atoms with Gasteiger partial charge in [0.2, 0.25) is 10.0 Å². The highest BCUT2D eigenvalue weighted by molar-refractivity contribution is 9.10. The number of anilines is 1. The number of rotatable bonds is 2. The van der Waals surface area contributed by atoms with Crippen LogP contribution in [0, 0.1) is 0 Å². The molecule has 0 aliphatic heterocycles. The van der Waals surface area contributed by atoms with Crippen LogP contribution in [-0.2, 0) is 10.0 Å². The molecule has 13 heavy (non-hydrogen) atoms. The van der Waals surface area contributed by atoms with Gasteiger partial charge in [-0.1, -0.05) is 15.9 Å². The van der Waals surface area contributed by atoms with Gasteiger partial charge in [-0.05, 0) is 18.2 Å². The lowest BCUT2D eigenvalue weighted by Crippen LogP contribution is -2.09. The van der Waals surface area contributed by atoms with E-state index in [0.717, 1.165) is 6.26 Å². The topological polar surface area (TPSA) is 66.4 Å². The van der Waals surface area contributed by atoms with Crippen molar-refractivity contribution in [1.29, 1.82) is 0 Å². The molecule has 2 N–H and O–H groups in total. The van der Waals surface area contributed by atoms with Crippen LogP contribution in [0.25, 0.3) is 0 Å². The van der Waals surface area contributed by atoms with Crippen molar-refractivity contribution >= 4 is 31.6 Å². The van der Waals surface area contributed by atoms with E-state index < -0.39 is 10.0 Å². The molecule has 0 bridgehead atoms. The Kier molecular flexibility index (Phi) is 2.82. The van der Waals surface area contributed by atoms with E-state index in [1.807, 2.05) is 0 Å². The van der Waals surface area contributed by atoms with Crippen LogP contribution in [0.3, 0.4) is 0 Å². The van der Waals surface area contributed by atoms with Gasteiger partial charge in [0.25, 0.3) is 0 Å². The Labute approximate surface area is 84.8 Å². The molecule has 0 amide bonds. The lowest BCUT2D eigenvalue weighted by atomic mass is 10.3. The second-order valence-electron chi connectivity index (χ2n) is 2.54. The molecule has 0 heterocycles. The van der Waals surface area contributed by atoms with E-state index in [0.29, 0.717) is 4.47 Å². The molecule has 0 saturated carbocycles. The third kappa shape index (κ3) is 3.23. The molecule has 0 saturated heterocycles. The van der Waals surface area contributed by atoms with Gasteiger partial charge in [0.15, 0.2) is 0 Å². The molecular formula is C7H8BrNO3S. The molecule has 0 aliphatic rings. The van der Waals surface area contributed by atoms with Gasteiger partial charge < -0.3 is 5.11 Å². The van der Waals surface area contributed by atoms with E-state index in [4.69, 9.17) is 0 Å². The van der Waals surface area contributed by atoms with Crippen LogP contribution in [0.5, 0.6) is 5.75 Å². The first-order valence-corrected chi connectivity index (χ1v) is 6.03. The van der Waals surface area contributed by atoms with Crippen LogP contribution in [0.4, 0.5) is 5.69 Å². The van der Waals surface area contributed by atoms with Crippen molar-refractivity contribution in [3.8, 4) is 5.75 Å². The van der Waals surface area contributed by atoms with E-state index in [1.165, 1.54) is 12.1 Å². The second-order valence-corrected chi connectivity index (χ2v) is 5.20. The van der Waals surface area contributed by atoms with Gasteiger partial charge in [0.1, 0.15) is 5.75 Å². The summed E-state index contributed by atoms with van der Waals surface area (Å²) >= 11 is 3.14. The molecule has 0 atom stereocenters. The summed E-state index contributed by atoms with van der Waals surface area (Å²) in [4.78, 5) is 0. The quantitative estimate of drug-likeness (QED) is 0.798. The fraction of sp³-hybridized carbons (Fsp3) is 0.143. The van der Waals surface area contributed by atoms with Crippen molar-refractivity contribution in [2.45, 2.75) is 0 Å². The fourth-order valence-electron chi connectivity index (χ4n) is 0.791. The number of phenols is 1. The van der Waals surface area contributed by atoms with Gasteiger partial charge in [0.05, 0.1) is 11.9 Å². The average Bonchev–Trinajstić information content (AvgIpc) is 1.93. The molecule has 0 unspecified atom stereocenters. The summed E-state index contributed by atoms with van der Waals surface area (Å²) in [5, 5.41) is 9.30. The zero-order valence-corrected chi connectivity index (χ0v) is 9.18. The molecule has 4 nitrogen and oxygen atoms in total. The Bertz CT molecular complexity index is 416. The number of phenolic OH excluding ortho intramolecular Hbond substituents is 1. The Morgan fingerprint density at radius 2 is 2.08 bits per heavy atom. The fourth-order valence-corrected chi connectivity index (χ4v) is 1.71. The third-order valence-corrected chi connectivity index (χ3v) is 2.34. The van der Waals surface area contributed by atoms with Gasteiger partial charge in [0, 0.05) is 4.47 Å². The largest absolute Gasteiger partial charge is 0.506 e. The highest BCUT2D eigenvalue weighted by Crippen LogP contribution is 2.27. The van der Waals surface area contributed by atoms with Crippen molar-refractivity contribution in [2.24, 2.45) is 0 Å². The van der Waals surface area contributed by atoms with Crippen molar-refractivity contribution < 1.29 is 13.5 Å². The number of hydrogen-bond acceptors (Lipinski definition) is 3. The van der Waals surface area contributed by atoms with E-state index >= 15 is 0 Å². The van der Waals surface area contributed by atoms with Crippen molar-refractivity contribution in [1.82, 2.24) is 0 Å². The molecular weight excluding hydrogens is 258 g/mol. The highest BCUT2D eigenvalue weighted by atomic mass is 79.9. The minimum Gasteiger partial charge on any atom is -0.506 e. The van der Waals surface area contributed by atoms with E-state index in [2.05, 4.69) is 20.7 Å². The first-order valence-electron chi connectivity index (χ1n) is 3.35. The van der Waals surface area contributed by atoms with Gasteiger partial charge in [-0.25, -0.2) is 8.42 Å². The maximum absolute atomic E-state index is 10.8. The predicted octanol–water partition coefficient (Wildman–Crippen LogP) is 1.53. The zero-order chi connectivity index (χ0) is 10.1. The molecule has 1 aromatic rings. The van der Waals surface area contributed by atoms with E-state index in [1.54, 1.807) is 6.07 Å². The molecule has 72 valence electrons. The smallest absolute Gasteiger partial charge is 0.229 e. The maximum Gasteiger partial charge on any atom is 0.229 e. The molecule has 0 aliphatic carbocycles. The lowest BCUT2D eigenvalue weighted by Gasteiger charge is -2.05. The summed E-state index contributed by atoms with van der Waals surface area (Å²) in [6.07, 6.45) is 1.02. The zero-order valence-electron chi connectivity index (χ0n) is 6.78. The molecule has 1 rings (SSSR count). The molecule has 0 spiro atoms. The van der Waals surface area contributed by atoms with Crippen molar-refractivity contribution in [3.05, 3.63) is 22.7 Å².